The number of likely N-dealkylation sites (N-methyl/N-ethyl adjacent to an activating group) is 1. The zero-order valence-electron chi connectivity index (χ0n) is 16.2. The summed E-state index contributed by atoms with van der Waals surface area (Å²) < 4.78 is 40.2. The molecule has 0 aliphatic carbocycles. The van der Waals surface area contributed by atoms with Crippen LogP contribution in [0.4, 0.5) is 8.78 Å². The van der Waals surface area contributed by atoms with E-state index in [1.54, 1.807) is 44.4 Å². The average Bonchev–Trinajstić information content (AvgIpc) is 2.70. The highest BCUT2D eigenvalue weighted by molar-refractivity contribution is 6.07. The molecule has 0 saturated carbocycles. The molecule has 1 amide bonds. The van der Waals surface area contributed by atoms with Gasteiger partial charge in [-0.15, -0.1) is 0 Å². The standard InChI is InChI=1S/C21H21F2NO5/c1-24(2)19(26)13-28-16-10-7-14(8-11-16)17(25)12-9-15-5-4-6-18(27-3)20(15)29-21(22)23/h4-12,21H,13H2,1-3H3/b12-9+. The van der Waals surface area contributed by atoms with E-state index in [1.165, 1.54) is 36.3 Å². The molecule has 8 heteroatoms. The smallest absolute Gasteiger partial charge is 0.387 e. The minimum atomic E-state index is -3.03. The molecule has 0 aliphatic rings. The van der Waals surface area contributed by atoms with Crippen molar-refractivity contribution in [1.82, 2.24) is 4.90 Å². The number of methoxy groups -OCH3 is 1. The van der Waals surface area contributed by atoms with E-state index in [4.69, 9.17) is 9.47 Å². The number of hydrogen-bond acceptors (Lipinski definition) is 5. The Morgan fingerprint density at radius 2 is 1.79 bits per heavy atom. The molecule has 0 bridgehead atoms. The molecule has 0 radical (unpaired) electrons. The van der Waals surface area contributed by atoms with Gasteiger partial charge in [0.15, 0.2) is 23.9 Å². The largest absolute Gasteiger partial charge is 0.493 e. The molecule has 0 spiro atoms. The van der Waals surface area contributed by atoms with E-state index < -0.39 is 6.61 Å². The van der Waals surface area contributed by atoms with E-state index >= 15 is 0 Å². The van der Waals surface area contributed by atoms with Gasteiger partial charge >= 0.3 is 6.61 Å². The summed E-state index contributed by atoms with van der Waals surface area (Å²) in [5.41, 5.74) is 0.645. The van der Waals surface area contributed by atoms with Crippen molar-refractivity contribution in [1.29, 1.82) is 0 Å². The van der Waals surface area contributed by atoms with Gasteiger partial charge in [-0.05, 0) is 42.5 Å². The lowest BCUT2D eigenvalue weighted by atomic mass is 10.1. The Morgan fingerprint density at radius 1 is 1.10 bits per heavy atom. The normalized spacial score (nSPS) is 10.8. The minimum absolute atomic E-state index is 0.108. The highest BCUT2D eigenvalue weighted by atomic mass is 19.3. The maximum Gasteiger partial charge on any atom is 0.387 e. The average molecular weight is 405 g/mol. The Kier molecular flexibility index (Phi) is 7.70. The number of hydrogen-bond donors (Lipinski definition) is 0. The number of allylic oxidation sites excluding steroid dienone is 1. The highest BCUT2D eigenvalue weighted by Crippen LogP contribution is 2.33. The van der Waals surface area contributed by atoms with Crippen molar-refractivity contribution >= 4 is 17.8 Å². The van der Waals surface area contributed by atoms with Gasteiger partial charge in [-0.2, -0.15) is 8.78 Å². The second kappa shape index (κ2) is 10.2. The van der Waals surface area contributed by atoms with E-state index in [0.717, 1.165) is 0 Å². The molecule has 0 unspecified atom stereocenters. The van der Waals surface area contributed by atoms with Gasteiger partial charge in [-0.3, -0.25) is 9.59 Å². The summed E-state index contributed by atoms with van der Waals surface area (Å²) in [6.07, 6.45) is 2.63. The van der Waals surface area contributed by atoms with Crippen LogP contribution in [0.1, 0.15) is 15.9 Å². The Labute approximate surface area is 167 Å². The van der Waals surface area contributed by atoms with Crippen molar-refractivity contribution in [3.63, 3.8) is 0 Å². The van der Waals surface area contributed by atoms with Crippen molar-refractivity contribution in [2.24, 2.45) is 0 Å². The number of alkyl halides is 2. The van der Waals surface area contributed by atoms with Crippen LogP contribution >= 0.6 is 0 Å². The second-order valence-corrected chi connectivity index (χ2v) is 6.06. The van der Waals surface area contributed by atoms with Gasteiger partial charge in [0.25, 0.3) is 5.91 Å². The fourth-order valence-corrected chi connectivity index (χ4v) is 2.29. The zero-order chi connectivity index (χ0) is 21.4. The fraction of sp³-hybridized carbons (Fsp3) is 0.238. The molecular weight excluding hydrogens is 384 g/mol. The van der Waals surface area contributed by atoms with Crippen LogP contribution in [0.2, 0.25) is 0 Å². The van der Waals surface area contributed by atoms with Crippen molar-refractivity contribution in [2.75, 3.05) is 27.8 Å². The Hall–Kier alpha value is -3.42. The molecular formula is C21H21F2NO5. The lowest BCUT2D eigenvalue weighted by molar-refractivity contribution is -0.130. The number of halogens is 2. The maximum atomic E-state index is 12.7. The summed E-state index contributed by atoms with van der Waals surface area (Å²) in [6, 6.07) is 10.8. The quantitative estimate of drug-likeness (QED) is 0.471. The third kappa shape index (κ3) is 6.31. The van der Waals surface area contributed by atoms with Crippen LogP contribution in [0.3, 0.4) is 0 Å². The lowest BCUT2D eigenvalue weighted by Crippen LogP contribution is -2.27. The number of ketones is 1. The molecule has 0 aromatic heterocycles. The molecule has 0 atom stereocenters. The SMILES string of the molecule is COc1cccc(/C=C/C(=O)c2ccc(OCC(=O)N(C)C)cc2)c1OC(F)F. The monoisotopic (exact) mass is 405 g/mol. The fourth-order valence-electron chi connectivity index (χ4n) is 2.29. The lowest BCUT2D eigenvalue weighted by Gasteiger charge is -2.12. The van der Waals surface area contributed by atoms with Gasteiger partial charge in [0, 0.05) is 25.2 Å². The Balaban J connectivity index is 2.10. The van der Waals surface area contributed by atoms with E-state index in [1.807, 2.05) is 0 Å². The minimum Gasteiger partial charge on any atom is -0.493 e. The zero-order valence-corrected chi connectivity index (χ0v) is 16.2. The Morgan fingerprint density at radius 3 is 2.38 bits per heavy atom. The van der Waals surface area contributed by atoms with Crippen LogP contribution in [-0.2, 0) is 4.79 Å². The summed E-state index contributed by atoms with van der Waals surface area (Å²) >= 11 is 0. The van der Waals surface area contributed by atoms with Crippen molar-refractivity contribution in [3.8, 4) is 17.2 Å². The second-order valence-electron chi connectivity index (χ2n) is 6.06. The number of nitrogens with zero attached hydrogens (tertiary/aromatic N) is 1. The number of rotatable bonds is 9. The van der Waals surface area contributed by atoms with Crippen LogP contribution in [0.15, 0.2) is 48.5 Å². The number of ether oxygens (including phenoxy) is 3. The van der Waals surface area contributed by atoms with E-state index in [9.17, 15) is 18.4 Å². The van der Waals surface area contributed by atoms with Gasteiger partial charge in [-0.1, -0.05) is 12.1 Å². The van der Waals surface area contributed by atoms with Crippen LogP contribution < -0.4 is 14.2 Å². The molecule has 0 heterocycles. The molecule has 6 nitrogen and oxygen atoms in total. The summed E-state index contributed by atoms with van der Waals surface area (Å²) in [5, 5.41) is 0. The van der Waals surface area contributed by atoms with Gasteiger partial charge in [0.2, 0.25) is 0 Å². The van der Waals surface area contributed by atoms with E-state index in [2.05, 4.69) is 4.74 Å². The molecule has 2 aromatic rings. The number of carbonyl (C=O) groups excluding carboxylic acids is 2. The topological polar surface area (TPSA) is 65.1 Å². The van der Waals surface area contributed by atoms with Crippen LogP contribution in [-0.4, -0.2) is 51.0 Å². The van der Waals surface area contributed by atoms with Crippen molar-refractivity contribution < 1.29 is 32.6 Å². The first kappa shape index (κ1) is 21.9. The Bertz CT molecular complexity index is 879. The number of benzene rings is 2. The van der Waals surface area contributed by atoms with E-state index in [0.29, 0.717) is 11.3 Å². The molecule has 2 rings (SSSR count). The molecule has 2 aromatic carbocycles. The highest BCUT2D eigenvalue weighted by Gasteiger charge is 2.14. The number of amides is 1. The first-order chi connectivity index (χ1) is 13.8. The molecule has 29 heavy (non-hydrogen) atoms. The van der Waals surface area contributed by atoms with Gasteiger partial charge in [0.1, 0.15) is 5.75 Å². The predicted molar refractivity (Wildman–Crippen MR) is 104 cm³/mol. The van der Waals surface area contributed by atoms with Gasteiger partial charge in [-0.25, -0.2) is 0 Å². The molecule has 0 saturated heterocycles. The third-order valence-electron chi connectivity index (χ3n) is 3.85. The van der Waals surface area contributed by atoms with Crippen LogP contribution in [0, 0.1) is 0 Å². The number of carbonyl (C=O) groups is 2. The van der Waals surface area contributed by atoms with Crippen molar-refractivity contribution in [2.45, 2.75) is 6.61 Å². The molecule has 0 aliphatic heterocycles. The summed E-state index contributed by atoms with van der Waals surface area (Å²) in [5.74, 6) is -0.0990. The van der Waals surface area contributed by atoms with Crippen LogP contribution in [0.25, 0.3) is 6.08 Å². The van der Waals surface area contributed by atoms with E-state index in [-0.39, 0.29) is 35.4 Å². The summed E-state index contributed by atoms with van der Waals surface area (Å²) in [6.45, 7) is -3.13. The van der Waals surface area contributed by atoms with Gasteiger partial charge < -0.3 is 19.1 Å². The van der Waals surface area contributed by atoms with Crippen LogP contribution in [0.5, 0.6) is 17.2 Å². The molecule has 154 valence electrons. The van der Waals surface area contributed by atoms with Gasteiger partial charge in [0.05, 0.1) is 7.11 Å². The summed E-state index contributed by atoms with van der Waals surface area (Å²) in [4.78, 5) is 25.3. The summed E-state index contributed by atoms with van der Waals surface area (Å²) in [7, 11) is 4.59. The predicted octanol–water partition coefficient (Wildman–Crippen LogP) is 3.66. The number of para-hydroxylation sites is 1. The molecule has 0 fully saturated rings. The maximum absolute atomic E-state index is 12.7. The molecule has 0 N–H and O–H groups in total. The van der Waals surface area contributed by atoms with Crippen molar-refractivity contribution in [3.05, 3.63) is 59.7 Å². The first-order valence-electron chi connectivity index (χ1n) is 8.59. The first-order valence-corrected chi connectivity index (χ1v) is 8.59. The third-order valence-corrected chi connectivity index (χ3v) is 3.85.